The Hall–Kier alpha value is 0.140. The van der Waals surface area contributed by atoms with Gasteiger partial charge in [0, 0.05) is 4.24 Å². The van der Waals surface area contributed by atoms with E-state index in [1.807, 2.05) is 30.4 Å². The van der Waals surface area contributed by atoms with Crippen molar-refractivity contribution in [3.8, 4) is 0 Å². The fourth-order valence-corrected chi connectivity index (χ4v) is 3.70. The van der Waals surface area contributed by atoms with Crippen molar-refractivity contribution in [2.24, 2.45) is 5.92 Å². The van der Waals surface area contributed by atoms with Gasteiger partial charge >= 0.3 is 0 Å². The summed E-state index contributed by atoms with van der Waals surface area (Å²) >= 11 is 3.88. The molecule has 0 spiro atoms. The lowest BCUT2D eigenvalue weighted by Gasteiger charge is -2.26. The molecule has 1 aliphatic heterocycles. The molecule has 0 aliphatic carbocycles. The number of hydrogen-bond acceptors (Lipinski definition) is 3. The molecule has 3 heteroatoms. The maximum atomic E-state index is 9.96. The first-order valence-corrected chi connectivity index (χ1v) is 7.35. The van der Waals surface area contributed by atoms with Gasteiger partial charge < -0.3 is 5.11 Å². The van der Waals surface area contributed by atoms with Gasteiger partial charge in [-0.1, -0.05) is 19.1 Å². The summed E-state index contributed by atoms with van der Waals surface area (Å²) in [5.41, 5.74) is -0.749. The van der Waals surface area contributed by atoms with Gasteiger partial charge in [0.1, 0.15) is 0 Å². The summed E-state index contributed by atoms with van der Waals surface area (Å²) in [5, 5.41) is 9.96. The van der Waals surface area contributed by atoms with Crippen molar-refractivity contribution in [3.63, 3.8) is 0 Å². The van der Waals surface area contributed by atoms with Gasteiger partial charge in [0.25, 0.3) is 0 Å². The highest BCUT2D eigenvalue weighted by Gasteiger charge is 2.23. The minimum Gasteiger partial charge on any atom is -0.386 e. The molecule has 86 valence electrons. The smallest absolute Gasteiger partial charge is 0.0825 e. The molecule has 1 saturated heterocycles. The predicted octanol–water partition coefficient (Wildman–Crippen LogP) is 3.66. The zero-order valence-electron chi connectivity index (χ0n) is 9.53. The fourth-order valence-electron chi connectivity index (χ4n) is 1.28. The van der Waals surface area contributed by atoms with Gasteiger partial charge in [-0.05, 0) is 37.2 Å². The second-order valence-electron chi connectivity index (χ2n) is 4.14. The molecule has 15 heavy (non-hydrogen) atoms. The Bertz CT molecular complexity index is 238. The highest BCUT2D eigenvalue weighted by atomic mass is 32.2. The molecule has 0 aromatic carbocycles. The van der Waals surface area contributed by atoms with Crippen molar-refractivity contribution in [3.05, 3.63) is 23.0 Å². The Morgan fingerprint density at radius 1 is 1.53 bits per heavy atom. The van der Waals surface area contributed by atoms with Crippen LogP contribution in [0, 0.1) is 5.92 Å². The van der Waals surface area contributed by atoms with Crippen molar-refractivity contribution in [2.45, 2.75) is 32.3 Å². The van der Waals surface area contributed by atoms with Gasteiger partial charge in [-0.2, -0.15) is 0 Å². The van der Waals surface area contributed by atoms with Gasteiger partial charge in [0.2, 0.25) is 0 Å². The SMILES string of the molecule is C=C[C@](C)(O)[C@H](C)CC=C1SCCCS1. The summed E-state index contributed by atoms with van der Waals surface area (Å²) in [6, 6.07) is 0. The van der Waals surface area contributed by atoms with Crippen LogP contribution in [0.1, 0.15) is 26.7 Å². The van der Waals surface area contributed by atoms with Gasteiger partial charge in [0.15, 0.2) is 0 Å². The van der Waals surface area contributed by atoms with Crippen molar-refractivity contribution in [1.82, 2.24) is 0 Å². The van der Waals surface area contributed by atoms with Crippen LogP contribution in [-0.2, 0) is 0 Å². The third-order valence-corrected chi connectivity index (χ3v) is 5.42. The molecule has 2 atom stereocenters. The Morgan fingerprint density at radius 2 is 2.13 bits per heavy atom. The van der Waals surface area contributed by atoms with E-state index in [9.17, 15) is 5.11 Å². The lowest BCUT2D eigenvalue weighted by atomic mass is 9.88. The molecule has 0 aromatic heterocycles. The normalized spacial score (nSPS) is 23.0. The molecule has 1 N–H and O–H groups in total. The topological polar surface area (TPSA) is 20.2 Å². The van der Waals surface area contributed by atoms with E-state index in [0.717, 1.165) is 6.42 Å². The standard InChI is InChI=1S/C12H20OS2/c1-4-12(3,13)10(2)6-7-11-14-8-5-9-15-11/h4,7,10,13H,1,5-6,8-9H2,2-3H3/t10-,12+/m1/s1. The Kier molecular flexibility index (Phi) is 5.30. The van der Waals surface area contributed by atoms with Crippen LogP contribution in [0.5, 0.6) is 0 Å². The largest absolute Gasteiger partial charge is 0.386 e. The molecule has 0 amide bonds. The van der Waals surface area contributed by atoms with Crippen LogP contribution in [0.15, 0.2) is 23.0 Å². The molecule has 1 rings (SSSR count). The van der Waals surface area contributed by atoms with Crippen molar-refractivity contribution >= 4 is 23.5 Å². The summed E-state index contributed by atoms with van der Waals surface area (Å²) in [5.74, 6) is 2.71. The zero-order chi connectivity index (χ0) is 11.3. The van der Waals surface area contributed by atoms with E-state index >= 15 is 0 Å². The Labute approximate surface area is 101 Å². The maximum absolute atomic E-state index is 9.96. The second-order valence-corrected chi connectivity index (χ2v) is 6.67. The molecule has 1 heterocycles. The van der Waals surface area contributed by atoms with Crippen molar-refractivity contribution < 1.29 is 5.11 Å². The van der Waals surface area contributed by atoms with Crippen LogP contribution >= 0.6 is 23.5 Å². The van der Waals surface area contributed by atoms with E-state index in [1.165, 1.54) is 22.2 Å². The average Bonchev–Trinajstić information content (AvgIpc) is 2.27. The number of allylic oxidation sites excluding steroid dienone is 1. The van der Waals surface area contributed by atoms with E-state index in [1.54, 1.807) is 6.08 Å². The van der Waals surface area contributed by atoms with Crippen LogP contribution in [0.25, 0.3) is 0 Å². The van der Waals surface area contributed by atoms with Crippen LogP contribution in [0.4, 0.5) is 0 Å². The summed E-state index contributed by atoms with van der Waals surface area (Å²) in [6.45, 7) is 7.56. The van der Waals surface area contributed by atoms with Crippen LogP contribution in [-0.4, -0.2) is 22.2 Å². The molecule has 0 bridgehead atoms. The van der Waals surface area contributed by atoms with Gasteiger partial charge in [-0.25, -0.2) is 0 Å². The summed E-state index contributed by atoms with van der Waals surface area (Å²) in [7, 11) is 0. The van der Waals surface area contributed by atoms with Crippen LogP contribution in [0.2, 0.25) is 0 Å². The summed E-state index contributed by atoms with van der Waals surface area (Å²) in [6.07, 6.45) is 6.13. The van der Waals surface area contributed by atoms with Crippen LogP contribution < -0.4 is 0 Å². The van der Waals surface area contributed by atoms with Crippen molar-refractivity contribution in [1.29, 1.82) is 0 Å². The molecule has 1 fully saturated rings. The van der Waals surface area contributed by atoms with E-state index < -0.39 is 5.60 Å². The summed E-state index contributed by atoms with van der Waals surface area (Å²) in [4.78, 5) is 0. The van der Waals surface area contributed by atoms with Crippen LogP contribution in [0.3, 0.4) is 0 Å². The lowest BCUT2D eigenvalue weighted by molar-refractivity contribution is 0.0560. The Morgan fingerprint density at radius 3 is 2.67 bits per heavy atom. The fraction of sp³-hybridized carbons (Fsp3) is 0.667. The Balaban J connectivity index is 2.44. The molecule has 0 aromatic rings. The highest BCUT2D eigenvalue weighted by Crippen LogP contribution is 2.35. The third kappa shape index (κ3) is 4.25. The molecule has 0 unspecified atom stereocenters. The van der Waals surface area contributed by atoms with Gasteiger partial charge in [-0.3, -0.25) is 0 Å². The maximum Gasteiger partial charge on any atom is 0.0825 e. The first-order chi connectivity index (χ1) is 7.06. The lowest BCUT2D eigenvalue weighted by Crippen LogP contribution is -2.29. The molecular formula is C12H20OS2. The third-order valence-electron chi connectivity index (χ3n) is 2.83. The minimum atomic E-state index is -0.749. The highest BCUT2D eigenvalue weighted by molar-refractivity contribution is 8.22. The molecular weight excluding hydrogens is 224 g/mol. The first-order valence-electron chi connectivity index (χ1n) is 5.38. The molecule has 1 nitrogen and oxygen atoms in total. The molecule has 0 radical (unpaired) electrons. The first kappa shape index (κ1) is 13.2. The average molecular weight is 244 g/mol. The van der Waals surface area contributed by atoms with Gasteiger partial charge in [0.05, 0.1) is 5.60 Å². The number of rotatable bonds is 4. The van der Waals surface area contributed by atoms with E-state index in [2.05, 4.69) is 19.6 Å². The zero-order valence-corrected chi connectivity index (χ0v) is 11.2. The molecule has 0 saturated carbocycles. The number of thioether (sulfide) groups is 2. The monoisotopic (exact) mass is 244 g/mol. The van der Waals surface area contributed by atoms with Crippen molar-refractivity contribution in [2.75, 3.05) is 11.5 Å². The number of hydrogen-bond donors (Lipinski definition) is 1. The summed E-state index contributed by atoms with van der Waals surface area (Å²) < 4.78 is 1.42. The molecule has 1 aliphatic rings. The predicted molar refractivity (Wildman–Crippen MR) is 72.2 cm³/mol. The van der Waals surface area contributed by atoms with Gasteiger partial charge in [-0.15, -0.1) is 30.1 Å². The van der Waals surface area contributed by atoms with E-state index in [0.29, 0.717) is 0 Å². The quantitative estimate of drug-likeness (QED) is 0.762. The van der Waals surface area contributed by atoms with E-state index in [-0.39, 0.29) is 5.92 Å². The minimum absolute atomic E-state index is 0.227. The number of aliphatic hydroxyl groups is 1. The van der Waals surface area contributed by atoms with E-state index in [4.69, 9.17) is 0 Å². The second kappa shape index (κ2) is 6.02.